The third-order valence-electron chi connectivity index (χ3n) is 3.43. The Kier molecular flexibility index (Phi) is 3.17. The zero-order chi connectivity index (χ0) is 15.0. The second-order valence-electron chi connectivity index (χ2n) is 4.99. The number of fused-ring (bicyclic) bond motifs is 1. The summed E-state index contributed by atoms with van der Waals surface area (Å²) in [5.74, 6) is -0.229. The number of aromatic amines is 1. The van der Waals surface area contributed by atoms with Crippen LogP contribution in [0.25, 0.3) is 5.65 Å². The maximum Gasteiger partial charge on any atom is 0.272 e. The zero-order valence-corrected chi connectivity index (χ0v) is 12.1. The van der Waals surface area contributed by atoms with Crippen LogP contribution in [-0.2, 0) is 0 Å². The molecule has 2 N–H and O–H groups in total. The predicted octanol–water partition coefficient (Wildman–Crippen LogP) is 1.56. The van der Waals surface area contributed by atoms with Crippen LogP contribution in [0.5, 0.6) is 0 Å². The highest BCUT2D eigenvalue weighted by molar-refractivity contribution is 5.93. The van der Waals surface area contributed by atoms with Gasteiger partial charge in [-0.2, -0.15) is 10.2 Å². The first-order valence-corrected chi connectivity index (χ1v) is 6.69. The average Bonchev–Trinajstić information content (AvgIpc) is 3.02. The van der Waals surface area contributed by atoms with Gasteiger partial charge in [0.05, 0.1) is 11.7 Å². The molecule has 1 amide bonds. The normalized spacial score (nSPS) is 12.5. The molecule has 0 saturated heterocycles. The number of carbonyl (C=O) groups is 1. The van der Waals surface area contributed by atoms with E-state index in [1.165, 1.54) is 0 Å². The first-order valence-electron chi connectivity index (χ1n) is 6.69. The molecule has 0 spiro atoms. The molecule has 0 fully saturated rings. The topological polar surface area (TPSA) is 88.0 Å². The van der Waals surface area contributed by atoms with Gasteiger partial charge in [0.25, 0.3) is 5.91 Å². The molecule has 1 unspecified atom stereocenters. The molecule has 108 valence electrons. The Morgan fingerprint density at radius 2 is 2.24 bits per heavy atom. The van der Waals surface area contributed by atoms with E-state index in [-0.39, 0.29) is 11.9 Å². The number of nitrogens with zero attached hydrogens (tertiary/aromatic N) is 4. The van der Waals surface area contributed by atoms with Crippen molar-refractivity contribution in [1.29, 1.82) is 0 Å². The van der Waals surface area contributed by atoms with E-state index in [1.54, 1.807) is 29.0 Å². The van der Waals surface area contributed by atoms with Crippen molar-refractivity contribution >= 4 is 11.6 Å². The van der Waals surface area contributed by atoms with Crippen molar-refractivity contribution in [2.24, 2.45) is 0 Å². The molecule has 3 aromatic heterocycles. The Bertz CT molecular complexity index is 750. The molecule has 1 atom stereocenters. The summed E-state index contributed by atoms with van der Waals surface area (Å²) in [6, 6.07) is 3.29. The summed E-state index contributed by atoms with van der Waals surface area (Å²) in [6.45, 7) is 5.78. The van der Waals surface area contributed by atoms with Gasteiger partial charge in [0.15, 0.2) is 11.3 Å². The van der Waals surface area contributed by atoms with E-state index < -0.39 is 0 Å². The molecule has 0 aliphatic rings. The number of aryl methyl sites for hydroxylation is 2. The predicted molar refractivity (Wildman–Crippen MR) is 76.9 cm³/mol. The minimum absolute atomic E-state index is 0.144. The van der Waals surface area contributed by atoms with Gasteiger partial charge in [-0.25, -0.2) is 9.50 Å². The molecule has 0 radical (unpaired) electrons. The number of H-pyrrole nitrogens is 1. The van der Waals surface area contributed by atoms with Gasteiger partial charge in [-0.1, -0.05) is 0 Å². The Labute approximate surface area is 121 Å². The summed E-state index contributed by atoms with van der Waals surface area (Å²) >= 11 is 0. The highest BCUT2D eigenvalue weighted by atomic mass is 16.2. The van der Waals surface area contributed by atoms with Crippen molar-refractivity contribution < 1.29 is 4.79 Å². The lowest BCUT2D eigenvalue weighted by Gasteiger charge is -2.13. The Hall–Kier alpha value is -2.70. The van der Waals surface area contributed by atoms with Gasteiger partial charge < -0.3 is 5.32 Å². The second kappa shape index (κ2) is 5.01. The van der Waals surface area contributed by atoms with Gasteiger partial charge in [-0.3, -0.25) is 9.89 Å². The summed E-state index contributed by atoms with van der Waals surface area (Å²) in [6.07, 6.45) is 3.42. The van der Waals surface area contributed by atoms with Crippen molar-refractivity contribution in [2.75, 3.05) is 0 Å². The van der Waals surface area contributed by atoms with Gasteiger partial charge >= 0.3 is 0 Å². The number of hydrogen-bond acceptors (Lipinski definition) is 4. The molecule has 0 aromatic carbocycles. The lowest BCUT2D eigenvalue weighted by Crippen LogP contribution is -2.27. The third kappa shape index (κ3) is 2.37. The van der Waals surface area contributed by atoms with Crippen molar-refractivity contribution in [2.45, 2.75) is 26.8 Å². The third-order valence-corrected chi connectivity index (χ3v) is 3.43. The maximum absolute atomic E-state index is 12.3. The van der Waals surface area contributed by atoms with E-state index in [9.17, 15) is 4.79 Å². The quantitative estimate of drug-likeness (QED) is 0.764. The Morgan fingerprint density at radius 1 is 1.43 bits per heavy atom. The Balaban J connectivity index is 1.83. The van der Waals surface area contributed by atoms with E-state index in [0.717, 1.165) is 17.0 Å². The minimum atomic E-state index is -0.229. The summed E-state index contributed by atoms with van der Waals surface area (Å²) in [4.78, 5) is 16.4. The van der Waals surface area contributed by atoms with E-state index in [2.05, 4.69) is 25.6 Å². The minimum Gasteiger partial charge on any atom is -0.344 e. The van der Waals surface area contributed by atoms with E-state index in [0.29, 0.717) is 11.3 Å². The summed E-state index contributed by atoms with van der Waals surface area (Å²) in [5.41, 5.74) is 3.84. The second-order valence-corrected chi connectivity index (χ2v) is 4.99. The lowest BCUT2D eigenvalue weighted by molar-refractivity contribution is 0.0934. The van der Waals surface area contributed by atoms with Gasteiger partial charge in [0.2, 0.25) is 0 Å². The molecule has 3 rings (SSSR count). The number of carbonyl (C=O) groups excluding carboxylic acids is 1. The number of aromatic nitrogens is 5. The fraction of sp³-hybridized carbons (Fsp3) is 0.286. The summed E-state index contributed by atoms with van der Waals surface area (Å²) in [5, 5.41) is 14.2. The molecule has 7 nitrogen and oxygen atoms in total. The van der Waals surface area contributed by atoms with Crippen LogP contribution in [0.15, 0.2) is 24.5 Å². The van der Waals surface area contributed by atoms with E-state index in [4.69, 9.17) is 0 Å². The van der Waals surface area contributed by atoms with Crippen LogP contribution in [0.4, 0.5) is 0 Å². The van der Waals surface area contributed by atoms with Gasteiger partial charge in [0, 0.05) is 29.7 Å². The van der Waals surface area contributed by atoms with Crippen LogP contribution < -0.4 is 5.32 Å². The monoisotopic (exact) mass is 284 g/mol. The van der Waals surface area contributed by atoms with Crippen LogP contribution in [0.1, 0.15) is 40.4 Å². The molecule has 3 aromatic rings. The standard InChI is InChI=1S/C14H16N6O/c1-8(13-9(2)17-18-10(13)3)16-14(21)11-7-12-15-5-4-6-20(12)19-11/h4-8H,1-3H3,(H,16,21)(H,17,18). The van der Waals surface area contributed by atoms with Crippen LogP contribution in [0.3, 0.4) is 0 Å². The molecule has 3 heterocycles. The lowest BCUT2D eigenvalue weighted by atomic mass is 10.1. The van der Waals surface area contributed by atoms with E-state index >= 15 is 0 Å². The molecular formula is C14H16N6O. The Morgan fingerprint density at radius 3 is 2.90 bits per heavy atom. The largest absolute Gasteiger partial charge is 0.344 e. The van der Waals surface area contributed by atoms with Gasteiger partial charge in [-0.05, 0) is 26.8 Å². The van der Waals surface area contributed by atoms with Crippen LogP contribution in [-0.4, -0.2) is 30.7 Å². The highest BCUT2D eigenvalue weighted by Gasteiger charge is 2.19. The van der Waals surface area contributed by atoms with E-state index in [1.807, 2.05) is 20.8 Å². The number of hydrogen-bond donors (Lipinski definition) is 2. The SMILES string of the molecule is Cc1n[nH]c(C)c1C(C)NC(=O)c1cc2ncccn2n1. The fourth-order valence-electron chi connectivity index (χ4n) is 2.48. The van der Waals surface area contributed by atoms with Gasteiger partial charge in [0.1, 0.15) is 0 Å². The molecule has 0 aliphatic heterocycles. The number of nitrogens with one attached hydrogen (secondary N) is 2. The smallest absolute Gasteiger partial charge is 0.272 e. The molecule has 0 bridgehead atoms. The van der Waals surface area contributed by atoms with Gasteiger partial charge in [-0.15, -0.1) is 0 Å². The summed E-state index contributed by atoms with van der Waals surface area (Å²) < 4.78 is 1.58. The molecule has 7 heteroatoms. The molecule has 21 heavy (non-hydrogen) atoms. The number of amides is 1. The van der Waals surface area contributed by atoms with Crippen molar-refractivity contribution in [3.8, 4) is 0 Å². The molecule has 0 saturated carbocycles. The zero-order valence-electron chi connectivity index (χ0n) is 12.1. The van der Waals surface area contributed by atoms with Crippen LogP contribution in [0, 0.1) is 13.8 Å². The van der Waals surface area contributed by atoms with Crippen molar-refractivity contribution in [1.82, 2.24) is 30.1 Å². The first-order chi connectivity index (χ1) is 10.1. The molecule has 0 aliphatic carbocycles. The van der Waals surface area contributed by atoms with Crippen LogP contribution >= 0.6 is 0 Å². The van der Waals surface area contributed by atoms with Crippen LogP contribution in [0.2, 0.25) is 0 Å². The number of rotatable bonds is 3. The van der Waals surface area contributed by atoms with Crippen molar-refractivity contribution in [3.05, 3.63) is 47.2 Å². The maximum atomic E-state index is 12.3. The fourth-order valence-corrected chi connectivity index (χ4v) is 2.48. The summed E-state index contributed by atoms with van der Waals surface area (Å²) in [7, 11) is 0. The average molecular weight is 284 g/mol. The first kappa shape index (κ1) is 13.3. The molecular weight excluding hydrogens is 268 g/mol. The van der Waals surface area contributed by atoms with Crippen molar-refractivity contribution in [3.63, 3.8) is 0 Å². The highest BCUT2D eigenvalue weighted by Crippen LogP contribution is 2.19.